The summed E-state index contributed by atoms with van der Waals surface area (Å²) in [7, 11) is 0. The van der Waals surface area contributed by atoms with Crippen molar-refractivity contribution < 1.29 is 23.9 Å². The highest BCUT2D eigenvalue weighted by Gasteiger charge is 2.44. The third-order valence-electron chi connectivity index (χ3n) is 5.71. The number of carbonyl (C=O) groups excluding carboxylic acids is 4. The van der Waals surface area contributed by atoms with E-state index in [0.29, 0.717) is 5.56 Å². The topological polar surface area (TPSA) is 131 Å². The highest BCUT2D eigenvalue weighted by molar-refractivity contribution is 5.95. The number of ether oxygens (including phenoxy) is 1. The second-order valence-corrected chi connectivity index (χ2v) is 10.3. The number of amides is 4. The fourth-order valence-electron chi connectivity index (χ4n) is 4.04. The summed E-state index contributed by atoms with van der Waals surface area (Å²) in [6, 6.07) is 5.00. The van der Waals surface area contributed by atoms with Crippen molar-refractivity contribution in [2.45, 2.75) is 103 Å². The molecule has 9 nitrogen and oxygen atoms in total. The lowest BCUT2D eigenvalue weighted by Gasteiger charge is -2.35. The highest BCUT2D eigenvalue weighted by atomic mass is 16.6. The molecule has 0 radical (unpaired) electrons. The molecule has 0 bridgehead atoms. The summed E-state index contributed by atoms with van der Waals surface area (Å²) in [6.45, 7) is 11.0. The Morgan fingerprint density at radius 2 is 1.77 bits per heavy atom. The quantitative estimate of drug-likeness (QED) is 0.440. The zero-order valence-corrected chi connectivity index (χ0v) is 21.7. The van der Waals surface area contributed by atoms with E-state index in [-0.39, 0.29) is 18.0 Å². The molecule has 0 heterocycles. The van der Waals surface area contributed by atoms with Gasteiger partial charge in [-0.15, -0.1) is 0 Å². The van der Waals surface area contributed by atoms with Crippen LogP contribution >= 0.6 is 0 Å². The van der Waals surface area contributed by atoms with Gasteiger partial charge in [-0.2, -0.15) is 0 Å². The van der Waals surface area contributed by atoms with Gasteiger partial charge in [-0.05, 0) is 65.0 Å². The minimum Gasteiger partial charge on any atom is -0.444 e. The Bertz CT molecular complexity index is 923. The van der Waals surface area contributed by atoms with E-state index in [1.165, 1.54) is 4.90 Å². The van der Waals surface area contributed by atoms with Gasteiger partial charge in [-0.3, -0.25) is 14.4 Å². The van der Waals surface area contributed by atoms with Crippen molar-refractivity contribution in [1.82, 2.24) is 15.5 Å². The number of hydrogen-bond acceptors (Lipinski definition) is 5. The van der Waals surface area contributed by atoms with E-state index >= 15 is 0 Å². The molecular formula is C26H40N4O5. The minimum atomic E-state index is -1.25. The smallest absolute Gasteiger partial charge is 0.408 e. The van der Waals surface area contributed by atoms with Gasteiger partial charge in [0.15, 0.2) is 0 Å². The van der Waals surface area contributed by atoms with E-state index in [0.717, 1.165) is 31.2 Å². The van der Waals surface area contributed by atoms with Crippen LogP contribution in [0.1, 0.15) is 83.9 Å². The van der Waals surface area contributed by atoms with Crippen LogP contribution in [0.2, 0.25) is 0 Å². The first-order chi connectivity index (χ1) is 16.3. The molecule has 1 aromatic rings. The van der Waals surface area contributed by atoms with Crippen LogP contribution in [0.5, 0.6) is 0 Å². The molecular weight excluding hydrogens is 448 g/mol. The first-order valence-electron chi connectivity index (χ1n) is 12.3. The number of carbonyl (C=O) groups is 4. The van der Waals surface area contributed by atoms with Crippen LogP contribution in [0.4, 0.5) is 4.79 Å². The van der Waals surface area contributed by atoms with Crippen molar-refractivity contribution in [2.75, 3.05) is 0 Å². The number of aryl methyl sites for hydroxylation is 1. The lowest BCUT2D eigenvalue weighted by atomic mass is 9.97. The van der Waals surface area contributed by atoms with Crippen LogP contribution in [0.15, 0.2) is 24.3 Å². The second-order valence-electron chi connectivity index (χ2n) is 10.3. The summed E-state index contributed by atoms with van der Waals surface area (Å²) in [5.41, 5.74) is 6.18. The summed E-state index contributed by atoms with van der Waals surface area (Å²) in [5.74, 6) is -1.58. The molecule has 0 aromatic heterocycles. The van der Waals surface area contributed by atoms with Gasteiger partial charge in [0, 0.05) is 12.1 Å². The maximum atomic E-state index is 13.9. The van der Waals surface area contributed by atoms with Crippen LogP contribution < -0.4 is 16.4 Å². The van der Waals surface area contributed by atoms with E-state index in [1.807, 2.05) is 45.0 Å². The summed E-state index contributed by atoms with van der Waals surface area (Å²) < 4.78 is 5.29. The number of benzene rings is 1. The van der Waals surface area contributed by atoms with Gasteiger partial charge in [0.05, 0.1) is 6.42 Å². The number of rotatable bonds is 11. The lowest BCUT2D eigenvalue weighted by Crippen LogP contribution is -2.55. The Labute approximate surface area is 208 Å². The Morgan fingerprint density at radius 1 is 1.14 bits per heavy atom. The van der Waals surface area contributed by atoms with Crippen LogP contribution in [-0.2, 0) is 19.1 Å². The monoisotopic (exact) mass is 488 g/mol. The fourth-order valence-corrected chi connectivity index (χ4v) is 4.04. The van der Waals surface area contributed by atoms with Gasteiger partial charge in [-0.25, -0.2) is 4.79 Å². The van der Waals surface area contributed by atoms with Gasteiger partial charge < -0.3 is 26.0 Å². The SMILES string of the molecule is CCCC(C)NC(=O)C(c1ccccc1C)N(C(=O)C(CC(N)=O)NC(=O)OC(C)(C)C)C1CC1. The molecule has 0 saturated heterocycles. The number of nitrogens with zero attached hydrogens (tertiary/aromatic N) is 1. The second kappa shape index (κ2) is 12.0. The van der Waals surface area contributed by atoms with Crippen molar-refractivity contribution in [3.8, 4) is 0 Å². The molecule has 0 aliphatic heterocycles. The van der Waals surface area contributed by atoms with Crippen LogP contribution in [-0.4, -0.2) is 52.4 Å². The molecule has 4 amide bonds. The average Bonchev–Trinajstić information content (AvgIpc) is 3.55. The van der Waals surface area contributed by atoms with Gasteiger partial charge in [0.2, 0.25) is 17.7 Å². The maximum absolute atomic E-state index is 13.9. The summed E-state index contributed by atoms with van der Waals surface area (Å²) >= 11 is 0. The Balaban J connectivity index is 2.45. The average molecular weight is 489 g/mol. The number of alkyl carbamates (subject to hydrolysis) is 1. The molecule has 4 N–H and O–H groups in total. The van der Waals surface area contributed by atoms with Gasteiger partial charge in [0.25, 0.3) is 0 Å². The molecule has 1 fully saturated rings. The van der Waals surface area contributed by atoms with Gasteiger partial charge in [0.1, 0.15) is 17.7 Å². The van der Waals surface area contributed by atoms with Crippen LogP contribution in [0, 0.1) is 6.92 Å². The van der Waals surface area contributed by atoms with Crippen molar-refractivity contribution in [3.05, 3.63) is 35.4 Å². The normalized spacial score (nSPS) is 15.9. The third kappa shape index (κ3) is 8.56. The molecule has 194 valence electrons. The molecule has 1 aliphatic rings. The van der Waals surface area contributed by atoms with Crippen LogP contribution in [0.3, 0.4) is 0 Å². The molecule has 1 saturated carbocycles. The van der Waals surface area contributed by atoms with E-state index < -0.39 is 42.0 Å². The third-order valence-corrected chi connectivity index (χ3v) is 5.71. The zero-order chi connectivity index (χ0) is 26.3. The predicted octanol–water partition coefficient (Wildman–Crippen LogP) is 3.10. The number of hydrogen-bond donors (Lipinski definition) is 3. The van der Waals surface area contributed by atoms with Crippen molar-refractivity contribution in [2.24, 2.45) is 5.73 Å². The van der Waals surface area contributed by atoms with Crippen LogP contribution in [0.25, 0.3) is 0 Å². The molecule has 35 heavy (non-hydrogen) atoms. The number of primary amides is 1. The van der Waals surface area contributed by atoms with Gasteiger partial charge >= 0.3 is 6.09 Å². The van der Waals surface area contributed by atoms with Crippen molar-refractivity contribution in [1.29, 1.82) is 0 Å². The minimum absolute atomic E-state index is 0.0727. The molecule has 1 aliphatic carbocycles. The standard InChI is InChI=1S/C26H40N4O5/c1-7-10-17(3)28-23(32)22(19-12-9-8-11-16(19)2)30(18-13-14-18)24(33)20(15-21(27)31)29-25(34)35-26(4,5)6/h8-9,11-12,17-18,20,22H,7,10,13-15H2,1-6H3,(H2,27,31)(H,28,32)(H,29,34). The largest absolute Gasteiger partial charge is 0.444 e. The van der Waals surface area contributed by atoms with E-state index in [4.69, 9.17) is 10.5 Å². The Kier molecular flexibility index (Phi) is 9.68. The van der Waals surface area contributed by atoms with E-state index in [1.54, 1.807) is 20.8 Å². The number of nitrogens with two attached hydrogens (primary N) is 1. The lowest BCUT2D eigenvalue weighted by molar-refractivity contribution is -0.144. The van der Waals surface area contributed by atoms with Gasteiger partial charge in [-0.1, -0.05) is 37.6 Å². The molecule has 2 rings (SSSR count). The van der Waals surface area contributed by atoms with E-state index in [9.17, 15) is 19.2 Å². The molecule has 0 spiro atoms. The number of nitrogens with one attached hydrogen (secondary N) is 2. The molecule has 1 aromatic carbocycles. The Morgan fingerprint density at radius 3 is 2.29 bits per heavy atom. The van der Waals surface area contributed by atoms with Crippen molar-refractivity contribution in [3.63, 3.8) is 0 Å². The summed E-state index contributed by atoms with van der Waals surface area (Å²) in [4.78, 5) is 53.3. The highest BCUT2D eigenvalue weighted by Crippen LogP contribution is 2.36. The molecule has 9 heteroatoms. The first kappa shape index (κ1) is 28.1. The first-order valence-corrected chi connectivity index (χ1v) is 12.3. The summed E-state index contributed by atoms with van der Waals surface area (Å²) in [5, 5.41) is 5.54. The zero-order valence-electron chi connectivity index (χ0n) is 21.7. The maximum Gasteiger partial charge on any atom is 0.408 e. The fraction of sp³-hybridized carbons (Fsp3) is 0.615. The Hall–Kier alpha value is -3.10. The molecule has 3 unspecified atom stereocenters. The molecule has 3 atom stereocenters. The summed E-state index contributed by atoms with van der Waals surface area (Å²) in [6.07, 6.45) is 1.91. The van der Waals surface area contributed by atoms with Crippen molar-refractivity contribution >= 4 is 23.8 Å². The van der Waals surface area contributed by atoms with E-state index in [2.05, 4.69) is 10.6 Å². The predicted molar refractivity (Wildman–Crippen MR) is 133 cm³/mol.